The molecule has 3 aromatic rings. The second kappa shape index (κ2) is 6.96. The number of nitrogens with one attached hydrogen (secondary N) is 1. The average Bonchev–Trinajstić information content (AvgIpc) is 3.52. The van der Waals surface area contributed by atoms with E-state index in [1.165, 1.54) is 0 Å². The lowest BCUT2D eigenvalue weighted by Gasteiger charge is -2.08. The van der Waals surface area contributed by atoms with Gasteiger partial charge in [-0.15, -0.1) is 0 Å². The summed E-state index contributed by atoms with van der Waals surface area (Å²) in [4.78, 5) is 17.4. The SMILES string of the molecule is COc1cccc(/C=N\NC(=O)c2cc(C3CC3)nc3ccccc23)c1. The third kappa shape index (κ3) is 3.42. The highest BCUT2D eigenvalue weighted by molar-refractivity contribution is 6.06. The maximum atomic E-state index is 12.7. The molecular weight excluding hydrogens is 326 g/mol. The second-order valence-corrected chi connectivity index (χ2v) is 6.36. The van der Waals surface area contributed by atoms with Crippen LogP contribution in [0, 0.1) is 0 Å². The van der Waals surface area contributed by atoms with Crippen LogP contribution in [-0.2, 0) is 0 Å². The molecule has 5 heteroatoms. The fraction of sp³-hybridized carbons (Fsp3) is 0.190. The monoisotopic (exact) mass is 345 g/mol. The molecule has 0 aliphatic heterocycles. The molecular formula is C21H19N3O2. The van der Waals surface area contributed by atoms with E-state index in [1.807, 2.05) is 54.6 Å². The zero-order valence-corrected chi connectivity index (χ0v) is 14.5. The highest BCUT2D eigenvalue weighted by atomic mass is 16.5. The third-order valence-electron chi connectivity index (χ3n) is 4.45. The number of amides is 1. The number of methoxy groups -OCH3 is 1. The summed E-state index contributed by atoms with van der Waals surface area (Å²) >= 11 is 0. The molecule has 1 aliphatic rings. The van der Waals surface area contributed by atoms with Gasteiger partial charge in [0.15, 0.2) is 0 Å². The minimum absolute atomic E-state index is 0.232. The first-order valence-corrected chi connectivity index (χ1v) is 8.62. The Kier molecular flexibility index (Phi) is 4.35. The van der Waals surface area contributed by atoms with Gasteiger partial charge in [0.2, 0.25) is 0 Å². The summed E-state index contributed by atoms with van der Waals surface area (Å²) in [6.45, 7) is 0. The van der Waals surface area contributed by atoms with Gasteiger partial charge in [-0.2, -0.15) is 5.10 Å². The van der Waals surface area contributed by atoms with Crippen molar-refractivity contribution in [1.82, 2.24) is 10.4 Å². The molecule has 1 aromatic heterocycles. The molecule has 0 spiro atoms. The molecule has 0 unspecified atom stereocenters. The number of carbonyl (C=O) groups is 1. The minimum atomic E-state index is -0.232. The van der Waals surface area contributed by atoms with Gasteiger partial charge in [0.25, 0.3) is 5.91 Å². The first-order valence-electron chi connectivity index (χ1n) is 8.62. The van der Waals surface area contributed by atoms with Crippen molar-refractivity contribution in [2.75, 3.05) is 7.11 Å². The molecule has 0 radical (unpaired) electrons. The summed E-state index contributed by atoms with van der Waals surface area (Å²) in [7, 11) is 1.62. The van der Waals surface area contributed by atoms with E-state index in [1.54, 1.807) is 13.3 Å². The van der Waals surface area contributed by atoms with Gasteiger partial charge < -0.3 is 4.74 Å². The molecule has 1 N–H and O–H groups in total. The number of benzene rings is 2. The Morgan fingerprint density at radius 1 is 1.19 bits per heavy atom. The maximum Gasteiger partial charge on any atom is 0.272 e. The number of pyridine rings is 1. The molecule has 5 nitrogen and oxygen atoms in total. The van der Waals surface area contributed by atoms with Crippen LogP contribution in [0.15, 0.2) is 59.7 Å². The normalized spacial score (nSPS) is 13.9. The van der Waals surface area contributed by atoms with Crippen LogP contribution in [0.25, 0.3) is 10.9 Å². The first-order chi connectivity index (χ1) is 12.7. The zero-order valence-electron chi connectivity index (χ0n) is 14.5. The van der Waals surface area contributed by atoms with Crippen LogP contribution < -0.4 is 10.2 Å². The number of para-hydroxylation sites is 1. The van der Waals surface area contributed by atoms with E-state index in [0.29, 0.717) is 11.5 Å². The summed E-state index contributed by atoms with van der Waals surface area (Å²) in [6, 6.07) is 17.1. The number of rotatable bonds is 5. The number of hydrogen-bond acceptors (Lipinski definition) is 4. The summed E-state index contributed by atoms with van der Waals surface area (Å²) in [5, 5.41) is 4.93. The van der Waals surface area contributed by atoms with E-state index in [2.05, 4.69) is 10.5 Å². The molecule has 1 fully saturated rings. The number of carbonyl (C=O) groups excluding carboxylic acids is 1. The van der Waals surface area contributed by atoms with Gasteiger partial charge >= 0.3 is 0 Å². The quantitative estimate of drug-likeness (QED) is 0.564. The highest BCUT2D eigenvalue weighted by Crippen LogP contribution is 2.40. The van der Waals surface area contributed by atoms with E-state index >= 15 is 0 Å². The third-order valence-corrected chi connectivity index (χ3v) is 4.45. The smallest absolute Gasteiger partial charge is 0.272 e. The van der Waals surface area contributed by atoms with E-state index in [-0.39, 0.29) is 5.91 Å². The number of fused-ring (bicyclic) bond motifs is 1. The van der Waals surface area contributed by atoms with Crippen molar-refractivity contribution in [2.45, 2.75) is 18.8 Å². The average molecular weight is 345 g/mol. The molecule has 4 rings (SSSR count). The number of hydrogen-bond donors (Lipinski definition) is 1. The fourth-order valence-electron chi connectivity index (χ4n) is 2.92. The van der Waals surface area contributed by atoms with Crippen molar-refractivity contribution in [1.29, 1.82) is 0 Å². The van der Waals surface area contributed by atoms with Crippen molar-refractivity contribution in [3.8, 4) is 5.75 Å². The zero-order chi connectivity index (χ0) is 17.9. The molecule has 1 saturated carbocycles. The van der Waals surface area contributed by atoms with Crippen molar-refractivity contribution >= 4 is 23.0 Å². The maximum absolute atomic E-state index is 12.7. The van der Waals surface area contributed by atoms with Gasteiger partial charge in [0.1, 0.15) is 5.75 Å². The minimum Gasteiger partial charge on any atom is -0.497 e. The number of aromatic nitrogens is 1. The molecule has 26 heavy (non-hydrogen) atoms. The molecule has 130 valence electrons. The Bertz CT molecular complexity index is 993. The van der Waals surface area contributed by atoms with Gasteiger partial charge in [-0.25, -0.2) is 5.43 Å². The van der Waals surface area contributed by atoms with Crippen molar-refractivity contribution in [3.63, 3.8) is 0 Å². The van der Waals surface area contributed by atoms with Crippen LogP contribution in [0.5, 0.6) is 5.75 Å². The largest absolute Gasteiger partial charge is 0.497 e. The van der Waals surface area contributed by atoms with E-state index < -0.39 is 0 Å². The molecule has 1 amide bonds. The Labute approximate surface area is 151 Å². The molecule has 0 bridgehead atoms. The lowest BCUT2D eigenvalue weighted by atomic mass is 10.1. The van der Waals surface area contributed by atoms with E-state index in [0.717, 1.165) is 40.8 Å². The van der Waals surface area contributed by atoms with Crippen LogP contribution in [0.3, 0.4) is 0 Å². The van der Waals surface area contributed by atoms with E-state index in [4.69, 9.17) is 9.72 Å². The summed E-state index contributed by atoms with van der Waals surface area (Å²) < 4.78 is 5.19. The molecule has 0 saturated heterocycles. The van der Waals surface area contributed by atoms with Crippen molar-refractivity contribution < 1.29 is 9.53 Å². The fourth-order valence-corrected chi connectivity index (χ4v) is 2.92. The molecule has 2 aromatic carbocycles. The molecule has 1 heterocycles. The summed E-state index contributed by atoms with van der Waals surface area (Å²) in [5.74, 6) is 0.991. The molecule has 0 atom stereocenters. The standard InChI is InChI=1S/C21H19N3O2/c1-26-16-6-4-5-14(11-16)13-22-24-21(25)18-12-20(15-9-10-15)23-19-8-3-2-7-17(18)19/h2-8,11-13,15H,9-10H2,1H3,(H,24,25)/b22-13-. The van der Waals surface area contributed by atoms with Crippen LogP contribution >= 0.6 is 0 Å². The van der Waals surface area contributed by atoms with Crippen LogP contribution in [0.1, 0.15) is 40.4 Å². The van der Waals surface area contributed by atoms with Gasteiger partial charge in [0, 0.05) is 17.0 Å². The van der Waals surface area contributed by atoms with Gasteiger partial charge in [0.05, 0.1) is 24.4 Å². The number of ether oxygens (including phenoxy) is 1. The van der Waals surface area contributed by atoms with Crippen LogP contribution in [0.4, 0.5) is 0 Å². The van der Waals surface area contributed by atoms with Crippen molar-refractivity contribution in [3.05, 3.63) is 71.4 Å². The number of hydrazone groups is 1. The predicted octanol–water partition coefficient (Wildman–Crippen LogP) is 3.88. The Morgan fingerprint density at radius 2 is 2.04 bits per heavy atom. The number of nitrogens with zero attached hydrogens (tertiary/aromatic N) is 2. The Balaban J connectivity index is 1.58. The van der Waals surface area contributed by atoms with E-state index in [9.17, 15) is 4.79 Å². The second-order valence-electron chi connectivity index (χ2n) is 6.36. The Hall–Kier alpha value is -3.21. The van der Waals surface area contributed by atoms with Gasteiger partial charge in [-0.1, -0.05) is 30.3 Å². The van der Waals surface area contributed by atoms with Gasteiger partial charge in [-0.05, 0) is 42.7 Å². The lowest BCUT2D eigenvalue weighted by Crippen LogP contribution is -2.18. The van der Waals surface area contributed by atoms with Crippen LogP contribution in [0.2, 0.25) is 0 Å². The lowest BCUT2D eigenvalue weighted by molar-refractivity contribution is 0.0956. The summed E-state index contributed by atoms with van der Waals surface area (Å²) in [6.07, 6.45) is 3.88. The van der Waals surface area contributed by atoms with Gasteiger partial charge in [-0.3, -0.25) is 9.78 Å². The summed E-state index contributed by atoms with van der Waals surface area (Å²) in [5.41, 5.74) is 5.92. The predicted molar refractivity (Wildman–Crippen MR) is 102 cm³/mol. The highest BCUT2D eigenvalue weighted by Gasteiger charge is 2.26. The van der Waals surface area contributed by atoms with Crippen LogP contribution in [-0.4, -0.2) is 24.2 Å². The Morgan fingerprint density at radius 3 is 2.85 bits per heavy atom. The van der Waals surface area contributed by atoms with Crippen molar-refractivity contribution in [2.24, 2.45) is 5.10 Å². The topological polar surface area (TPSA) is 63.6 Å². The first kappa shape index (κ1) is 16.3. The molecule has 1 aliphatic carbocycles.